The normalized spacial score (nSPS) is 16.6. The lowest BCUT2D eigenvalue weighted by Crippen LogP contribution is -2.29. The van der Waals surface area contributed by atoms with Crippen molar-refractivity contribution in [1.29, 1.82) is 0 Å². The summed E-state index contributed by atoms with van der Waals surface area (Å²) in [6.45, 7) is 4.48. The Balaban J connectivity index is 1.63. The highest BCUT2D eigenvalue weighted by atomic mass is 35.5. The molecule has 2 heterocycles. The summed E-state index contributed by atoms with van der Waals surface area (Å²) in [5.41, 5.74) is 7.88. The Hall–Kier alpha value is -4.09. The summed E-state index contributed by atoms with van der Waals surface area (Å²) in [4.78, 5) is 27.1. The van der Waals surface area contributed by atoms with Gasteiger partial charge in [0.2, 0.25) is 0 Å². The molecule has 3 aromatic carbocycles. The van der Waals surface area contributed by atoms with Crippen LogP contribution < -0.4 is 5.32 Å². The van der Waals surface area contributed by atoms with E-state index in [-0.39, 0.29) is 5.78 Å². The van der Waals surface area contributed by atoms with Crippen LogP contribution in [0.3, 0.4) is 0 Å². The fraction of sp³-hybridized carbons (Fsp3) is 0.161. The van der Waals surface area contributed by atoms with E-state index in [1.807, 2.05) is 74.5 Å². The van der Waals surface area contributed by atoms with Gasteiger partial charge in [0.15, 0.2) is 5.78 Å². The van der Waals surface area contributed by atoms with E-state index in [1.165, 1.54) is 7.11 Å². The van der Waals surface area contributed by atoms with Gasteiger partial charge in [-0.25, -0.2) is 4.79 Å². The zero-order valence-corrected chi connectivity index (χ0v) is 21.5. The van der Waals surface area contributed by atoms with Crippen LogP contribution in [0.15, 0.2) is 89.6 Å². The highest BCUT2D eigenvalue weighted by Gasteiger charge is 2.44. The number of benzene rings is 3. The first-order valence-electron chi connectivity index (χ1n) is 12.2. The molecule has 6 heteroatoms. The molecule has 0 bridgehead atoms. The number of carbonyl (C=O) groups is 2. The molecular weight excluding hydrogens is 484 g/mol. The molecule has 37 heavy (non-hydrogen) atoms. The molecule has 0 unspecified atom stereocenters. The van der Waals surface area contributed by atoms with Gasteiger partial charge in [-0.05, 0) is 37.1 Å². The molecular formula is C31H25ClN2O3. The molecule has 0 amide bonds. The number of hydrogen-bond acceptors (Lipinski definition) is 4. The molecule has 4 aromatic rings. The quantitative estimate of drug-likeness (QED) is 0.324. The third-order valence-corrected chi connectivity index (χ3v) is 7.88. The number of allylic oxidation sites excluding steroid dienone is 2. The first kappa shape index (κ1) is 23.3. The summed E-state index contributed by atoms with van der Waals surface area (Å²) in [6, 6.07) is 23.5. The number of para-hydroxylation sites is 1. The molecule has 1 N–H and O–H groups in total. The monoisotopic (exact) mass is 508 g/mol. The lowest BCUT2D eigenvalue weighted by atomic mass is 9.78. The van der Waals surface area contributed by atoms with Crippen LogP contribution in [0.2, 0.25) is 5.02 Å². The first-order chi connectivity index (χ1) is 17.9. The molecule has 184 valence electrons. The molecule has 6 rings (SSSR count). The van der Waals surface area contributed by atoms with E-state index >= 15 is 0 Å². The highest BCUT2D eigenvalue weighted by Crippen LogP contribution is 2.49. The van der Waals surface area contributed by atoms with Crippen LogP contribution in [0.25, 0.3) is 16.6 Å². The molecule has 1 atom stereocenters. The van der Waals surface area contributed by atoms with E-state index in [1.54, 1.807) is 0 Å². The fourth-order valence-corrected chi connectivity index (χ4v) is 6.02. The van der Waals surface area contributed by atoms with E-state index in [2.05, 4.69) is 22.0 Å². The van der Waals surface area contributed by atoms with Crippen molar-refractivity contribution in [1.82, 2.24) is 9.88 Å². The van der Waals surface area contributed by atoms with Crippen molar-refractivity contribution >= 4 is 40.0 Å². The molecule has 0 radical (unpaired) electrons. The van der Waals surface area contributed by atoms with E-state index < -0.39 is 11.9 Å². The van der Waals surface area contributed by atoms with Gasteiger partial charge in [0, 0.05) is 50.6 Å². The summed E-state index contributed by atoms with van der Waals surface area (Å²) in [7, 11) is 1.38. The Morgan fingerprint density at radius 1 is 0.973 bits per heavy atom. The zero-order valence-electron chi connectivity index (χ0n) is 20.8. The summed E-state index contributed by atoms with van der Waals surface area (Å²) < 4.78 is 7.46. The standard InChI is InChI=1S/C31H25ClN2O3/c1-17-25(31(36)37-3)27(28-29(33-17)20-11-5-6-12-21(20)30(28)35)26-18(2)34(24-15-9-7-13-22(24)26)16-19-10-4-8-14-23(19)32/h4-15,27,33H,16H2,1-3H3/t27-/m0/s1. The van der Waals surface area contributed by atoms with Gasteiger partial charge in [-0.15, -0.1) is 0 Å². The number of nitrogens with zero attached hydrogens (tertiary/aromatic N) is 1. The number of hydrogen-bond donors (Lipinski definition) is 1. The zero-order chi connectivity index (χ0) is 25.8. The Morgan fingerprint density at radius 3 is 2.41 bits per heavy atom. The maximum Gasteiger partial charge on any atom is 0.336 e. The number of ether oxygens (including phenoxy) is 1. The van der Waals surface area contributed by atoms with Gasteiger partial charge in [0.25, 0.3) is 0 Å². The van der Waals surface area contributed by atoms with Gasteiger partial charge in [-0.1, -0.05) is 72.3 Å². The summed E-state index contributed by atoms with van der Waals surface area (Å²) >= 11 is 6.54. The second kappa shape index (κ2) is 8.79. The van der Waals surface area contributed by atoms with E-state index in [0.717, 1.165) is 39.0 Å². The number of esters is 1. The van der Waals surface area contributed by atoms with Gasteiger partial charge in [-0.3, -0.25) is 4.79 Å². The lowest BCUT2D eigenvalue weighted by molar-refractivity contribution is -0.136. The van der Waals surface area contributed by atoms with Crippen molar-refractivity contribution in [3.63, 3.8) is 0 Å². The Labute approximate surface area is 220 Å². The second-order valence-electron chi connectivity index (χ2n) is 9.45. The maximum atomic E-state index is 13.9. The maximum absolute atomic E-state index is 13.9. The number of fused-ring (bicyclic) bond motifs is 3. The number of carbonyl (C=O) groups excluding carboxylic acids is 2. The summed E-state index contributed by atoms with van der Waals surface area (Å²) in [5, 5.41) is 5.05. The number of aromatic nitrogens is 1. The molecule has 1 aromatic heterocycles. The topological polar surface area (TPSA) is 60.3 Å². The van der Waals surface area contributed by atoms with Crippen LogP contribution in [0.1, 0.15) is 45.6 Å². The van der Waals surface area contributed by atoms with E-state index in [4.69, 9.17) is 16.3 Å². The minimum atomic E-state index is -0.582. The molecule has 0 saturated heterocycles. The molecule has 2 aliphatic rings. The number of nitrogens with one attached hydrogen (secondary N) is 1. The minimum Gasteiger partial charge on any atom is -0.466 e. The van der Waals surface area contributed by atoms with Crippen LogP contribution in [0.5, 0.6) is 0 Å². The Morgan fingerprint density at radius 2 is 1.65 bits per heavy atom. The highest BCUT2D eigenvalue weighted by molar-refractivity contribution is 6.31. The van der Waals surface area contributed by atoms with Crippen molar-refractivity contribution in [3.8, 4) is 0 Å². The van der Waals surface area contributed by atoms with Gasteiger partial charge < -0.3 is 14.6 Å². The van der Waals surface area contributed by atoms with Crippen LogP contribution >= 0.6 is 11.6 Å². The number of halogens is 1. The van der Waals surface area contributed by atoms with Crippen LogP contribution in [-0.4, -0.2) is 23.4 Å². The molecule has 0 spiro atoms. The Kier molecular flexibility index (Phi) is 5.54. The number of ketones is 1. The summed E-state index contributed by atoms with van der Waals surface area (Å²) in [5.74, 6) is -1.10. The SMILES string of the molecule is COC(=O)C1=C(C)NC2=C(C(=O)c3ccccc32)[C@@H]1c1c(C)n(Cc2ccccc2Cl)c2ccccc12. The van der Waals surface area contributed by atoms with Gasteiger partial charge in [0.05, 0.1) is 24.3 Å². The average Bonchev–Trinajstić information content (AvgIpc) is 3.35. The molecule has 5 nitrogen and oxygen atoms in total. The predicted molar refractivity (Wildman–Crippen MR) is 146 cm³/mol. The van der Waals surface area contributed by atoms with E-state index in [0.29, 0.717) is 34.0 Å². The average molecular weight is 509 g/mol. The van der Waals surface area contributed by atoms with Crippen molar-refractivity contribution in [3.05, 3.63) is 123 Å². The molecule has 1 aliphatic carbocycles. The Bertz CT molecular complexity index is 1690. The molecule has 0 fully saturated rings. The minimum absolute atomic E-state index is 0.0701. The predicted octanol–water partition coefficient (Wildman–Crippen LogP) is 6.39. The molecule has 0 saturated carbocycles. The number of methoxy groups -OCH3 is 1. The lowest BCUT2D eigenvalue weighted by Gasteiger charge is -2.29. The first-order valence-corrected chi connectivity index (χ1v) is 12.6. The van der Waals surface area contributed by atoms with Crippen molar-refractivity contribution in [2.24, 2.45) is 0 Å². The van der Waals surface area contributed by atoms with Gasteiger partial charge in [0.1, 0.15) is 0 Å². The second-order valence-corrected chi connectivity index (χ2v) is 9.85. The summed E-state index contributed by atoms with van der Waals surface area (Å²) in [6.07, 6.45) is 0. The van der Waals surface area contributed by atoms with E-state index in [9.17, 15) is 9.59 Å². The number of rotatable bonds is 4. The van der Waals surface area contributed by atoms with Gasteiger partial charge in [-0.2, -0.15) is 0 Å². The fourth-order valence-electron chi connectivity index (χ4n) is 5.82. The largest absolute Gasteiger partial charge is 0.466 e. The smallest absolute Gasteiger partial charge is 0.336 e. The third kappa shape index (κ3) is 3.45. The van der Waals surface area contributed by atoms with Crippen molar-refractivity contribution in [2.75, 3.05) is 7.11 Å². The van der Waals surface area contributed by atoms with Gasteiger partial charge >= 0.3 is 5.97 Å². The number of Topliss-reactive ketones (excluding diaryl/α,β-unsaturated/α-hetero) is 1. The number of dihydropyridines is 1. The van der Waals surface area contributed by atoms with Crippen LogP contribution in [0, 0.1) is 6.92 Å². The van der Waals surface area contributed by atoms with Crippen molar-refractivity contribution in [2.45, 2.75) is 26.3 Å². The van der Waals surface area contributed by atoms with Crippen LogP contribution in [0.4, 0.5) is 0 Å². The van der Waals surface area contributed by atoms with Crippen LogP contribution in [-0.2, 0) is 16.1 Å². The van der Waals surface area contributed by atoms with Crippen molar-refractivity contribution < 1.29 is 14.3 Å². The third-order valence-electron chi connectivity index (χ3n) is 7.51. The molecule has 1 aliphatic heterocycles.